The summed E-state index contributed by atoms with van der Waals surface area (Å²) in [6.45, 7) is 0.127. The standard InChI is InChI=1S/C21H25FN4O5/c22-14-3-5-15(6-4-14)31-11-18(27)25-17(9-12-1-2-12)21(30)26-16(19(23)28)10-13-7-8-24-20(13)29/h3-6,9,12-13,16H,1-2,7-8,10-11H2,(H2,23,28)(H,24,29)(H,25,27)(H,26,30)/b17-9-/t13-,16-/m0/s1. The normalized spacial score (nSPS) is 19.3. The summed E-state index contributed by atoms with van der Waals surface area (Å²) >= 11 is 0. The third-order valence-electron chi connectivity index (χ3n) is 5.06. The summed E-state index contributed by atoms with van der Waals surface area (Å²) in [6.07, 6.45) is 4.05. The number of hydrogen-bond acceptors (Lipinski definition) is 5. The second kappa shape index (κ2) is 10.1. The molecule has 0 unspecified atom stereocenters. The number of rotatable bonds is 10. The zero-order valence-corrected chi connectivity index (χ0v) is 16.9. The van der Waals surface area contributed by atoms with Gasteiger partial charge >= 0.3 is 0 Å². The van der Waals surface area contributed by atoms with Gasteiger partial charge in [-0.05, 0) is 55.9 Å². The smallest absolute Gasteiger partial charge is 0.268 e. The van der Waals surface area contributed by atoms with Gasteiger partial charge in [0.1, 0.15) is 23.3 Å². The minimum atomic E-state index is -1.05. The van der Waals surface area contributed by atoms with Gasteiger partial charge in [-0.3, -0.25) is 19.2 Å². The van der Waals surface area contributed by atoms with Gasteiger partial charge in [0.25, 0.3) is 11.8 Å². The summed E-state index contributed by atoms with van der Waals surface area (Å²) in [7, 11) is 0. The molecule has 1 aliphatic carbocycles. The van der Waals surface area contributed by atoms with Gasteiger partial charge in [-0.2, -0.15) is 0 Å². The molecule has 166 valence electrons. The Morgan fingerprint density at radius 1 is 1.23 bits per heavy atom. The third-order valence-corrected chi connectivity index (χ3v) is 5.06. The van der Waals surface area contributed by atoms with Crippen molar-refractivity contribution in [2.45, 2.75) is 31.7 Å². The Morgan fingerprint density at radius 3 is 2.52 bits per heavy atom. The molecular formula is C21H25FN4O5. The maximum absolute atomic E-state index is 12.9. The molecule has 1 saturated heterocycles. The van der Waals surface area contributed by atoms with Crippen molar-refractivity contribution in [3.8, 4) is 5.75 Å². The summed E-state index contributed by atoms with van der Waals surface area (Å²) in [6, 6.07) is 4.12. The van der Waals surface area contributed by atoms with E-state index < -0.39 is 35.5 Å². The average molecular weight is 432 g/mol. The van der Waals surface area contributed by atoms with Crippen LogP contribution in [0.3, 0.4) is 0 Å². The maximum atomic E-state index is 12.9. The predicted molar refractivity (Wildman–Crippen MR) is 108 cm³/mol. The van der Waals surface area contributed by atoms with E-state index >= 15 is 0 Å². The summed E-state index contributed by atoms with van der Waals surface area (Å²) in [5, 5.41) is 7.69. The van der Waals surface area contributed by atoms with Crippen LogP contribution < -0.4 is 26.4 Å². The molecule has 10 heteroatoms. The van der Waals surface area contributed by atoms with E-state index in [1.54, 1.807) is 6.08 Å². The van der Waals surface area contributed by atoms with Gasteiger partial charge in [0.15, 0.2) is 6.61 Å². The maximum Gasteiger partial charge on any atom is 0.268 e. The van der Waals surface area contributed by atoms with E-state index in [0.717, 1.165) is 12.8 Å². The molecule has 0 aromatic heterocycles. The largest absolute Gasteiger partial charge is 0.484 e. The number of allylic oxidation sites excluding steroid dienone is 1. The Kier molecular flexibility index (Phi) is 7.22. The number of halogens is 1. The molecule has 0 spiro atoms. The summed E-state index contributed by atoms with van der Waals surface area (Å²) in [4.78, 5) is 48.6. The van der Waals surface area contributed by atoms with Gasteiger partial charge in [0.2, 0.25) is 11.8 Å². The molecule has 31 heavy (non-hydrogen) atoms. The number of ether oxygens (including phenoxy) is 1. The lowest BCUT2D eigenvalue weighted by molar-refractivity contribution is -0.128. The topological polar surface area (TPSA) is 140 Å². The quantitative estimate of drug-likeness (QED) is 0.389. The molecule has 1 aromatic rings. The van der Waals surface area contributed by atoms with Crippen LogP contribution in [-0.2, 0) is 19.2 Å². The fraction of sp³-hybridized carbons (Fsp3) is 0.429. The van der Waals surface area contributed by atoms with Crippen LogP contribution >= 0.6 is 0 Å². The molecule has 1 heterocycles. The SMILES string of the molecule is NC(=O)[C@H](C[C@@H]1CCNC1=O)NC(=O)/C(=C/C1CC1)NC(=O)COc1ccc(F)cc1. The van der Waals surface area contributed by atoms with Gasteiger partial charge in [-0.1, -0.05) is 6.08 Å². The molecule has 2 aliphatic rings. The Labute approximate surface area is 178 Å². The molecule has 5 N–H and O–H groups in total. The number of carbonyl (C=O) groups is 4. The summed E-state index contributed by atoms with van der Waals surface area (Å²) in [5.74, 6) is -2.56. The van der Waals surface area contributed by atoms with Crippen molar-refractivity contribution in [2.24, 2.45) is 17.6 Å². The molecule has 3 rings (SSSR count). The molecule has 2 atom stereocenters. The van der Waals surface area contributed by atoms with Crippen molar-refractivity contribution in [2.75, 3.05) is 13.2 Å². The Bertz CT molecular complexity index is 882. The average Bonchev–Trinajstić information content (AvgIpc) is 3.46. The third kappa shape index (κ3) is 6.80. The highest BCUT2D eigenvalue weighted by Crippen LogP contribution is 2.31. The fourth-order valence-electron chi connectivity index (χ4n) is 3.18. The van der Waals surface area contributed by atoms with Gasteiger partial charge in [0.05, 0.1) is 0 Å². The van der Waals surface area contributed by atoms with Crippen molar-refractivity contribution < 1.29 is 28.3 Å². The first kappa shape index (κ1) is 22.3. The van der Waals surface area contributed by atoms with Gasteiger partial charge in [-0.25, -0.2) is 4.39 Å². The number of amides is 4. The van der Waals surface area contributed by atoms with Gasteiger partial charge in [-0.15, -0.1) is 0 Å². The van der Waals surface area contributed by atoms with E-state index in [2.05, 4.69) is 16.0 Å². The van der Waals surface area contributed by atoms with E-state index in [9.17, 15) is 23.6 Å². The van der Waals surface area contributed by atoms with Crippen LogP contribution in [0.2, 0.25) is 0 Å². The monoisotopic (exact) mass is 432 g/mol. The molecule has 1 aromatic carbocycles. The van der Waals surface area contributed by atoms with Crippen molar-refractivity contribution in [3.63, 3.8) is 0 Å². The zero-order chi connectivity index (χ0) is 22.4. The lowest BCUT2D eigenvalue weighted by atomic mass is 9.98. The van der Waals surface area contributed by atoms with Crippen LogP contribution in [0.4, 0.5) is 4.39 Å². The lowest BCUT2D eigenvalue weighted by Crippen LogP contribution is -2.48. The van der Waals surface area contributed by atoms with Crippen LogP contribution in [0, 0.1) is 17.7 Å². The molecule has 2 fully saturated rings. The Hall–Kier alpha value is -3.43. The van der Waals surface area contributed by atoms with Gasteiger partial charge in [0, 0.05) is 12.5 Å². The molecular weight excluding hydrogens is 407 g/mol. The van der Waals surface area contributed by atoms with Crippen LogP contribution in [0.5, 0.6) is 5.75 Å². The number of carbonyl (C=O) groups excluding carboxylic acids is 4. The highest BCUT2D eigenvalue weighted by molar-refractivity contribution is 6.00. The number of benzene rings is 1. The molecule has 0 bridgehead atoms. The second-order valence-corrected chi connectivity index (χ2v) is 7.65. The number of nitrogens with two attached hydrogens (primary N) is 1. The van der Waals surface area contributed by atoms with Gasteiger partial charge < -0.3 is 26.4 Å². The molecule has 1 saturated carbocycles. The van der Waals surface area contributed by atoms with E-state index in [0.29, 0.717) is 18.7 Å². The van der Waals surface area contributed by atoms with Crippen LogP contribution in [0.25, 0.3) is 0 Å². The minimum absolute atomic E-state index is 0.00247. The Balaban J connectivity index is 1.58. The number of nitrogens with one attached hydrogen (secondary N) is 3. The van der Waals surface area contributed by atoms with E-state index in [4.69, 9.17) is 10.5 Å². The highest BCUT2D eigenvalue weighted by Gasteiger charge is 2.31. The molecule has 0 radical (unpaired) electrons. The van der Waals surface area contributed by atoms with Crippen LogP contribution in [0.15, 0.2) is 36.0 Å². The van der Waals surface area contributed by atoms with E-state index in [1.807, 2.05) is 0 Å². The molecule has 4 amide bonds. The number of primary amides is 1. The zero-order valence-electron chi connectivity index (χ0n) is 16.9. The summed E-state index contributed by atoms with van der Waals surface area (Å²) < 4.78 is 18.2. The number of hydrogen-bond donors (Lipinski definition) is 4. The second-order valence-electron chi connectivity index (χ2n) is 7.65. The van der Waals surface area contributed by atoms with Crippen molar-refractivity contribution in [1.29, 1.82) is 0 Å². The molecule has 9 nitrogen and oxygen atoms in total. The van der Waals surface area contributed by atoms with E-state index in [1.165, 1.54) is 24.3 Å². The highest BCUT2D eigenvalue weighted by atomic mass is 19.1. The lowest BCUT2D eigenvalue weighted by Gasteiger charge is -2.19. The Morgan fingerprint density at radius 2 is 1.94 bits per heavy atom. The first-order chi connectivity index (χ1) is 14.8. The fourth-order valence-corrected chi connectivity index (χ4v) is 3.18. The first-order valence-electron chi connectivity index (χ1n) is 10.1. The van der Waals surface area contributed by atoms with Crippen molar-refractivity contribution >= 4 is 23.6 Å². The molecule has 1 aliphatic heterocycles. The van der Waals surface area contributed by atoms with Crippen LogP contribution in [-0.4, -0.2) is 42.8 Å². The van der Waals surface area contributed by atoms with E-state index in [-0.39, 0.29) is 30.5 Å². The van der Waals surface area contributed by atoms with Crippen LogP contribution in [0.1, 0.15) is 25.7 Å². The first-order valence-corrected chi connectivity index (χ1v) is 10.1. The summed E-state index contributed by atoms with van der Waals surface area (Å²) in [5.41, 5.74) is 5.40. The van der Waals surface area contributed by atoms with Crippen molar-refractivity contribution in [1.82, 2.24) is 16.0 Å². The predicted octanol–water partition coefficient (Wildman–Crippen LogP) is 0.111. The van der Waals surface area contributed by atoms with Crippen molar-refractivity contribution in [3.05, 3.63) is 41.9 Å². The minimum Gasteiger partial charge on any atom is -0.484 e.